The maximum absolute atomic E-state index is 6.04. The van der Waals surface area contributed by atoms with E-state index in [4.69, 9.17) is 14.2 Å². The van der Waals surface area contributed by atoms with Crippen LogP contribution in [0.15, 0.2) is 65.1 Å². The zero-order valence-electron chi connectivity index (χ0n) is 20.4. The summed E-state index contributed by atoms with van der Waals surface area (Å²) in [4.78, 5) is 0. The van der Waals surface area contributed by atoms with Crippen LogP contribution in [0.25, 0.3) is 0 Å². The van der Waals surface area contributed by atoms with Crippen molar-refractivity contribution in [2.75, 3.05) is 21.3 Å². The molecular formula is C29H33BrO3Se. The molecule has 1 fully saturated rings. The van der Waals surface area contributed by atoms with E-state index in [2.05, 4.69) is 83.5 Å². The van der Waals surface area contributed by atoms with Crippen LogP contribution in [0, 0.1) is 6.92 Å². The second-order valence-electron chi connectivity index (χ2n) is 8.85. The minimum absolute atomic E-state index is 0.169. The van der Waals surface area contributed by atoms with Crippen LogP contribution in [0.2, 0.25) is 5.32 Å². The van der Waals surface area contributed by atoms with Crippen LogP contribution in [-0.4, -0.2) is 36.3 Å². The van der Waals surface area contributed by atoms with Crippen molar-refractivity contribution in [3.8, 4) is 17.2 Å². The summed E-state index contributed by atoms with van der Waals surface area (Å²) in [7, 11) is 5.10. The summed E-state index contributed by atoms with van der Waals surface area (Å²) in [5.74, 6) is 2.31. The van der Waals surface area contributed by atoms with Gasteiger partial charge in [-0.25, -0.2) is 0 Å². The Labute approximate surface area is 218 Å². The minimum atomic E-state index is 0.169. The molecule has 0 spiro atoms. The first kappa shape index (κ1) is 25.2. The summed E-state index contributed by atoms with van der Waals surface area (Å²) in [6.45, 7) is 2.16. The SMILES string of the molecule is COc1cc(C)c(C(CC2(c3ccccc3)CCCC[Se]2)c2ccc(Br)cc2)c(OC)c1OC. The van der Waals surface area contributed by atoms with Gasteiger partial charge in [0.1, 0.15) is 0 Å². The van der Waals surface area contributed by atoms with E-state index in [1.165, 1.54) is 41.3 Å². The number of hydrogen-bond donors (Lipinski definition) is 0. The van der Waals surface area contributed by atoms with Crippen LogP contribution in [0.4, 0.5) is 0 Å². The Balaban J connectivity index is 1.92. The number of rotatable bonds is 8. The molecule has 0 aromatic heterocycles. The second-order valence-corrected chi connectivity index (χ2v) is 12.9. The first-order chi connectivity index (χ1) is 16.5. The molecule has 1 saturated heterocycles. The maximum atomic E-state index is 6.04. The van der Waals surface area contributed by atoms with E-state index < -0.39 is 0 Å². The Morgan fingerprint density at radius 1 is 0.912 bits per heavy atom. The molecule has 1 aliphatic heterocycles. The van der Waals surface area contributed by atoms with Crippen molar-refractivity contribution in [3.63, 3.8) is 0 Å². The van der Waals surface area contributed by atoms with Gasteiger partial charge in [-0.15, -0.1) is 0 Å². The first-order valence-electron chi connectivity index (χ1n) is 11.8. The monoisotopic (exact) mass is 588 g/mol. The van der Waals surface area contributed by atoms with Gasteiger partial charge in [0, 0.05) is 0 Å². The molecule has 5 heteroatoms. The number of benzene rings is 3. The number of halogens is 1. The molecule has 3 aromatic rings. The van der Waals surface area contributed by atoms with E-state index in [-0.39, 0.29) is 10.2 Å². The number of methoxy groups -OCH3 is 3. The van der Waals surface area contributed by atoms with Crippen molar-refractivity contribution in [2.45, 2.75) is 48.2 Å². The Morgan fingerprint density at radius 3 is 2.21 bits per heavy atom. The van der Waals surface area contributed by atoms with Gasteiger partial charge < -0.3 is 0 Å². The summed E-state index contributed by atoms with van der Waals surface area (Å²) in [6.07, 6.45) is 4.91. The molecule has 180 valence electrons. The molecule has 2 unspecified atom stereocenters. The average Bonchev–Trinajstić information content (AvgIpc) is 2.88. The van der Waals surface area contributed by atoms with E-state index in [1.54, 1.807) is 21.3 Å². The van der Waals surface area contributed by atoms with Crippen LogP contribution < -0.4 is 14.2 Å². The third kappa shape index (κ3) is 5.03. The van der Waals surface area contributed by atoms with Gasteiger partial charge in [0.15, 0.2) is 0 Å². The van der Waals surface area contributed by atoms with Crippen molar-refractivity contribution >= 4 is 30.9 Å². The predicted molar refractivity (Wildman–Crippen MR) is 144 cm³/mol. The molecule has 0 N–H and O–H groups in total. The quantitative estimate of drug-likeness (QED) is 0.255. The summed E-state index contributed by atoms with van der Waals surface area (Å²) >= 11 is 4.15. The van der Waals surface area contributed by atoms with Gasteiger partial charge in [0.05, 0.1) is 0 Å². The fourth-order valence-electron chi connectivity index (χ4n) is 5.25. The van der Waals surface area contributed by atoms with Gasteiger partial charge >= 0.3 is 219 Å². The molecule has 0 bridgehead atoms. The predicted octanol–water partition coefficient (Wildman–Crippen LogP) is 7.51. The van der Waals surface area contributed by atoms with Gasteiger partial charge in [0.2, 0.25) is 0 Å². The van der Waals surface area contributed by atoms with Gasteiger partial charge in [-0.3, -0.25) is 0 Å². The van der Waals surface area contributed by atoms with Gasteiger partial charge in [-0.2, -0.15) is 0 Å². The van der Waals surface area contributed by atoms with Gasteiger partial charge in [0.25, 0.3) is 0 Å². The first-order valence-corrected chi connectivity index (χ1v) is 14.6. The zero-order valence-corrected chi connectivity index (χ0v) is 23.7. The van der Waals surface area contributed by atoms with Gasteiger partial charge in [-0.1, -0.05) is 0 Å². The molecular weight excluding hydrogens is 555 g/mol. The Hall–Kier alpha value is -1.94. The topological polar surface area (TPSA) is 27.7 Å². The summed E-state index contributed by atoms with van der Waals surface area (Å²) in [5.41, 5.74) is 5.13. The van der Waals surface area contributed by atoms with Crippen molar-refractivity contribution in [1.82, 2.24) is 0 Å². The van der Waals surface area contributed by atoms with Crippen molar-refractivity contribution in [1.29, 1.82) is 0 Å². The van der Waals surface area contributed by atoms with E-state index in [0.29, 0.717) is 26.5 Å². The average molecular weight is 588 g/mol. The zero-order chi connectivity index (χ0) is 24.1. The second kappa shape index (κ2) is 11.2. The molecule has 4 rings (SSSR count). The molecule has 1 aliphatic rings. The molecule has 0 radical (unpaired) electrons. The summed E-state index contributed by atoms with van der Waals surface area (Å²) in [6, 6.07) is 22.1. The molecule has 0 aliphatic carbocycles. The molecule has 2 atom stereocenters. The van der Waals surface area contributed by atoms with E-state index in [9.17, 15) is 0 Å². The number of ether oxygens (including phenoxy) is 3. The molecule has 3 nitrogen and oxygen atoms in total. The molecule has 1 heterocycles. The number of aryl methyl sites for hydroxylation is 1. The van der Waals surface area contributed by atoms with Crippen LogP contribution in [0.3, 0.4) is 0 Å². The summed E-state index contributed by atoms with van der Waals surface area (Å²) < 4.78 is 18.8. The van der Waals surface area contributed by atoms with Crippen LogP contribution >= 0.6 is 15.9 Å². The molecule has 34 heavy (non-hydrogen) atoms. The third-order valence-electron chi connectivity index (χ3n) is 6.88. The van der Waals surface area contributed by atoms with Gasteiger partial charge in [-0.05, 0) is 0 Å². The third-order valence-corrected chi connectivity index (χ3v) is 10.9. The number of hydrogen-bond acceptors (Lipinski definition) is 3. The fraction of sp³-hybridized carbons (Fsp3) is 0.379. The molecule has 0 amide bonds. The van der Waals surface area contributed by atoms with Crippen molar-refractivity contribution in [2.24, 2.45) is 0 Å². The normalized spacial score (nSPS) is 18.9. The van der Waals surface area contributed by atoms with Crippen molar-refractivity contribution in [3.05, 3.63) is 87.4 Å². The Bertz CT molecular complexity index is 1090. The molecule has 0 saturated carbocycles. The Morgan fingerprint density at radius 2 is 1.62 bits per heavy atom. The van der Waals surface area contributed by atoms with Crippen molar-refractivity contribution < 1.29 is 14.2 Å². The molecule has 3 aromatic carbocycles. The fourth-order valence-corrected chi connectivity index (χ4v) is 8.90. The van der Waals surface area contributed by atoms with E-state index in [1.807, 2.05) is 0 Å². The van der Waals surface area contributed by atoms with Crippen LogP contribution in [-0.2, 0) is 4.31 Å². The van der Waals surface area contributed by atoms with Crippen LogP contribution in [0.1, 0.15) is 53.9 Å². The summed E-state index contributed by atoms with van der Waals surface area (Å²) in [5, 5.41) is 1.33. The van der Waals surface area contributed by atoms with Crippen LogP contribution in [0.5, 0.6) is 17.2 Å². The van der Waals surface area contributed by atoms with E-state index >= 15 is 0 Å². The Kier molecular flexibility index (Phi) is 8.29. The standard InChI is InChI=1S/C29H33BrO3Se/c1-20-18-25(31-2)27(32-3)28(33-4)26(20)24(21-12-14-23(30)15-13-21)19-29(16-8-9-17-34-29)22-10-6-5-7-11-22/h5-7,10-15,18,24H,8-9,16-17,19H2,1-4H3. The van der Waals surface area contributed by atoms with E-state index in [0.717, 1.165) is 22.2 Å².